The Morgan fingerprint density at radius 1 is 1.14 bits per heavy atom. The first kappa shape index (κ1) is 25.5. The molecule has 1 aromatic carbocycles. The summed E-state index contributed by atoms with van der Waals surface area (Å²) in [5.41, 5.74) is 1.58. The lowest BCUT2D eigenvalue weighted by atomic mass is 10.2. The van der Waals surface area contributed by atoms with E-state index in [1.807, 2.05) is 20.8 Å². The van der Waals surface area contributed by atoms with E-state index < -0.39 is 10.0 Å². The van der Waals surface area contributed by atoms with Crippen LogP contribution in [0.25, 0.3) is 0 Å². The predicted octanol–water partition coefficient (Wildman–Crippen LogP) is 3.01. The van der Waals surface area contributed by atoms with Gasteiger partial charge >= 0.3 is 0 Å². The zero-order valence-electron chi connectivity index (χ0n) is 21.2. The van der Waals surface area contributed by atoms with Crippen LogP contribution < -0.4 is 4.74 Å². The van der Waals surface area contributed by atoms with E-state index in [0.717, 1.165) is 6.42 Å². The molecule has 2 aliphatic rings. The third-order valence-electron chi connectivity index (χ3n) is 6.47. The normalized spacial score (nSPS) is 17.5. The molecule has 0 radical (unpaired) electrons. The molecule has 35 heavy (non-hydrogen) atoms. The zero-order chi connectivity index (χ0) is 25.3. The van der Waals surface area contributed by atoms with Crippen LogP contribution in [0.15, 0.2) is 28.3 Å². The molecule has 0 saturated carbocycles. The number of carbonyl (C=O) groups excluding carboxylic acids is 1. The van der Waals surface area contributed by atoms with Crippen molar-refractivity contribution in [3.8, 4) is 5.75 Å². The van der Waals surface area contributed by atoms with E-state index in [1.54, 1.807) is 22.9 Å². The summed E-state index contributed by atoms with van der Waals surface area (Å²) in [4.78, 5) is 20.0. The Morgan fingerprint density at radius 3 is 2.49 bits per heavy atom. The minimum atomic E-state index is -3.71. The molecule has 0 atom stereocenters. The topological polar surface area (TPSA) is 100 Å². The largest absolute Gasteiger partial charge is 0.489 e. The second kappa shape index (κ2) is 10.2. The van der Waals surface area contributed by atoms with Crippen LogP contribution in [0.4, 0.5) is 5.69 Å². The molecule has 3 heterocycles. The van der Waals surface area contributed by atoms with Gasteiger partial charge < -0.3 is 4.74 Å². The molecule has 0 N–H and O–H groups in total. The van der Waals surface area contributed by atoms with Crippen molar-refractivity contribution in [2.45, 2.75) is 58.4 Å². The zero-order valence-corrected chi connectivity index (χ0v) is 22.0. The quantitative estimate of drug-likeness (QED) is 0.514. The summed E-state index contributed by atoms with van der Waals surface area (Å²) in [6.07, 6.45) is 1.54. The Labute approximate surface area is 207 Å². The number of nitrogens with zero attached hydrogens (tertiary/aromatic N) is 6. The minimum Gasteiger partial charge on any atom is -0.489 e. The molecular formula is C24H35N6O4S+. The molecule has 0 spiro atoms. The number of aryl methyl sites for hydroxylation is 2. The summed E-state index contributed by atoms with van der Waals surface area (Å²) in [6, 6.07) is 5.17. The van der Waals surface area contributed by atoms with Crippen molar-refractivity contribution in [1.82, 2.24) is 18.9 Å². The van der Waals surface area contributed by atoms with Gasteiger partial charge in [0.2, 0.25) is 27.3 Å². The van der Waals surface area contributed by atoms with Crippen LogP contribution in [0.3, 0.4) is 0 Å². The number of ether oxygens (including phenoxy) is 1. The second-order valence-electron chi connectivity index (χ2n) is 9.19. The third-order valence-corrected chi connectivity index (χ3v) is 8.37. The molecule has 11 heteroatoms. The SMILES string of the molecule is CCCc1nc(C)c2n1N=[N+](c1cc(S(=O)(=O)N3CCN(C(C)C)CC3)ccc1OCC)CC2=O. The number of imidazole rings is 1. The lowest BCUT2D eigenvalue weighted by Crippen LogP contribution is -2.50. The molecule has 1 saturated heterocycles. The Bertz CT molecular complexity index is 1240. The van der Waals surface area contributed by atoms with Crippen molar-refractivity contribution in [3.63, 3.8) is 0 Å². The number of benzene rings is 1. The van der Waals surface area contributed by atoms with E-state index in [2.05, 4.69) is 29.0 Å². The van der Waals surface area contributed by atoms with Gasteiger partial charge in [0.15, 0.2) is 18.0 Å². The van der Waals surface area contributed by atoms with Gasteiger partial charge in [-0.1, -0.05) is 11.6 Å². The first-order valence-electron chi connectivity index (χ1n) is 12.3. The highest BCUT2D eigenvalue weighted by Crippen LogP contribution is 2.34. The van der Waals surface area contributed by atoms with E-state index in [9.17, 15) is 13.2 Å². The summed E-state index contributed by atoms with van der Waals surface area (Å²) < 4.78 is 37.5. The monoisotopic (exact) mass is 503 g/mol. The Kier molecular flexibility index (Phi) is 7.39. The van der Waals surface area contributed by atoms with Gasteiger partial charge in [-0.3, -0.25) is 9.69 Å². The van der Waals surface area contributed by atoms with Gasteiger partial charge in [-0.15, -0.1) is 4.70 Å². The van der Waals surface area contributed by atoms with Crippen LogP contribution in [-0.2, 0) is 16.4 Å². The number of sulfonamides is 1. The first-order chi connectivity index (χ1) is 16.7. The number of Topliss-reactive ketones (excluding diaryl/α,β-unsaturated/α-hetero) is 1. The molecule has 190 valence electrons. The summed E-state index contributed by atoms with van der Waals surface area (Å²) in [6.45, 7) is 12.6. The van der Waals surface area contributed by atoms with Crippen LogP contribution in [0, 0.1) is 6.92 Å². The van der Waals surface area contributed by atoms with E-state index in [-0.39, 0.29) is 17.2 Å². The van der Waals surface area contributed by atoms with Gasteiger partial charge in [0.1, 0.15) is 0 Å². The van der Waals surface area contributed by atoms with Gasteiger partial charge in [0, 0.05) is 44.7 Å². The summed E-state index contributed by atoms with van der Waals surface area (Å²) in [5.74, 6) is 1.07. The standard InChI is InChI=1S/C24H35N6O4S/c1-6-8-23-25-18(5)24-21(31)16-29(26-30(23)24)20-15-19(9-10-22(20)34-7-2)35(32,33)28-13-11-27(12-14-28)17(3)4/h9-10,15,17H,6-8,11-14,16H2,1-5H3/q+1. The Balaban J connectivity index is 1.74. The maximum absolute atomic E-state index is 13.5. The predicted molar refractivity (Wildman–Crippen MR) is 131 cm³/mol. The molecule has 0 aliphatic carbocycles. The maximum atomic E-state index is 13.5. The molecule has 4 rings (SSSR count). The van der Waals surface area contributed by atoms with E-state index in [0.29, 0.717) is 73.9 Å². The molecule has 0 amide bonds. The highest BCUT2D eigenvalue weighted by Gasteiger charge is 2.36. The van der Waals surface area contributed by atoms with E-state index in [4.69, 9.17) is 4.74 Å². The summed E-state index contributed by atoms with van der Waals surface area (Å²) in [7, 11) is -3.71. The molecule has 0 unspecified atom stereocenters. The fourth-order valence-electron chi connectivity index (χ4n) is 4.61. The third kappa shape index (κ3) is 4.89. The average molecular weight is 504 g/mol. The molecule has 1 fully saturated rings. The molecular weight excluding hydrogens is 468 g/mol. The minimum absolute atomic E-state index is 0.0191. The molecule has 1 aromatic heterocycles. The molecule has 2 aliphatic heterocycles. The first-order valence-corrected chi connectivity index (χ1v) is 13.7. The number of carbonyl (C=O) groups is 1. The van der Waals surface area contributed by atoms with Crippen molar-refractivity contribution in [1.29, 1.82) is 0 Å². The van der Waals surface area contributed by atoms with Crippen LogP contribution in [0.1, 0.15) is 56.1 Å². The summed E-state index contributed by atoms with van der Waals surface area (Å²) >= 11 is 0. The van der Waals surface area contributed by atoms with Crippen molar-refractivity contribution in [2.24, 2.45) is 5.22 Å². The lowest BCUT2D eigenvalue weighted by Gasteiger charge is -2.36. The van der Waals surface area contributed by atoms with Crippen LogP contribution in [0.2, 0.25) is 0 Å². The Hall–Kier alpha value is -2.63. The number of rotatable bonds is 8. The fourth-order valence-corrected chi connectivity index (χ4v) is 6.05. The fraction of sp³-hybridized carbons (Fsp3) is 0.583. The molecule has 0 bridgehead atoms. The van der Waals surface area contributed by atoms with Gasteiger partial charge in [-0.2, -0.15) is 4.31 Å². The maximum Gasteiger partial charge on any atom is 0.250 e. The van der Waals surface area contributed by atoms with Crippen LogP contribution in [0.5, 0.6) is 5.75 Å². The summed E-state index contributed by atoms with van der Waals surface area (Å²) in [5, 5.41) is 4.68. The van der Waals surface area contributed by atoms with Crippen LogP contribution >= 0.6 is 0 Å². The highest BCUT2D eigenvalue weighted by molar-refractivity contribution is 7.89. The van der Waals surface area contributed by atoms with E-state index in [1.165, 1.54) is 9.00 Å². The lowest BCUT2D eigenvalue weighted by molar-refractivity contribution is -0.509. The van der Waals surface area contributed by atoms with Crippen LogP contribution in [-0.4, -0.2) is 83.1 Å². The van der Waals surface area contributed by atoms with Crippen molar-refractivity contribution in [3.05, 3.63) is 35.4 Å². The average Bonchev–Trinajstić information content (AvgIpc) is 3.15. The second-order valence-corrected chi connectivity index (χ2v) is 11.1. The van der Waals surface area contributed by atoms with Gasteiger partial charge in [0.05, 0.1) is 22.4 Å². The van der Waals surface area contributed by atoms with Crippen molar-refractivity contribution < 1.29 is 22.6 Å². The molecule has 2 aromatic rings. The van der Waals surface area contributed by atoms with Crippen molar-refractivity contribution in [2.75, 3.05) is 39.3 Å². The molecule has 10 nitrogen and oxygen atoms in total. The number of piperazine rings is 1. The van der Waals surface area contributed by atoms with Gasteiger partial charge in [-0.25, -0.2) is 13.4 Å². The highest BCUT2D eigenvalue weighted by atomic mass is 32.2. The van der Waals surface area contributed by atoms with Gasteiger partial charge in [0.25, 0.3) is 0 Å². The number of hydrogen-bond donors (Lipinski definition) is 0. The number of hydrogen-bond acceptors (Lipinski definition) is 7. The Morgan fingerprint density at radius 2 is 1.86 bits per heavy atom. The number of fused-ring (bicyclic) bond motifs is 1. The smallest absolute Gasteiger partial charge is 0.250 e. The number of aromatic nitrogens is 2. The van der Waals surface area contributed by atoms with Gasteiger partial charge in [-0.05, 0) is 46.2 Å². The van der Waals surface area contributed by atoms with E-state index >= 15 is 0 Å². The van der Waals surface area contributed by atoms with Crippen molar-refractivity contribution >= 4 is 21.5 Å². The number of ketones is 1.